The van der Waals surface area contributed by atoms with E-state index in [1.54, 1.807) is 0 Å². The zero-order chi connectivity index (χ0) is 13.1. The van der Waals surface area contributed by atoms with Gasteiger partial charge in [0, 0.05) is 25.6 Å². The number of β-amino-alcohol motifs (C(OH)–C–C–N with tert-alkyl or cyclic N) is 1. The van der Waals surface area contributed by atoms with Crippen LogP contribution in [0, 0.1) is 11.7 Å². The van der Waals surface area contributed by atoms with Gasteiger partial charge in [-0.25, -0.2) is 4.39 Å². The van der Waals surface area contributed by atoms with Crippen molar-refractivity contribution in [2.75, 3.05) is 19.6 Å². The Balaban J connectivity index is 1.99. The molecule has 0 radical (unpaired) electrons. The Morgan fingerprint density at radius 2 is 2.33 bits per heavy atom. The molecule has 2 rings (SSSR count). The van der Waals surface area contributed by atoms with Crippen molar-refractivity contribution in [1.29, 1.82) is 0 Å². The highest BCUT2D eigenvalue weighted by Gasteiger charge is 2.26. The first-order valence-corrected chi connectivity index (χ1v) is 6.08. The van der Waals surface area contributed by atoms with Crippen LogP contribution in [0.25, 0.3) is 0 Å². The zero-order valence-electron chi connectivity index (χ0n) is 9.62. The fraction of sp³-hybridized carbons (Fsp3) is 0.417. The number of hydrogen-bond acceptors (Lipinski definition) is 3. The molecule has 1 aromatic carbocycles. The molecule has 0 aromatic heterocycles. The zero-order valence-corrected chi connectivity index (χ0v) is 10.4. The summed E-state index contributed by atoms with van der Waals surface area (Å²) in [7, 11) is 0. The smallest absolute Gasteiger partial charge is 0.255 e. The highest BCUT2D eigenvalue weighted by atomic mass is 35.5. The summed E-state index contributed by atoms with van der Waals surface area (Å²) < 4.78 is 13.5. The average molecular weight is 273 g/mol. The topological polar surface area (TPSA) is 61.4 Å². The predicted molar refractivity (Wildman–Crippen MR) is 66.1 cm³/mol. The summed E-state index contributed by atoms with van der Waals surface area (Å²) in [4.78, 5) is 11.8. The monoisotopic (exact) mass is 272 g/mol. The number of carbonyl (C=O) groups excluding carboxylic acids is 1. The van der Waals surface area contributed by atoms with Crippen molar-refractivity contribution in [3.05, 3.63) is 34.6 Å². The number of hydrogen-bond donors (Lipinski definition) is 3. The van der Waals surface area contributed by atoms with Gasteiger partial charge in [-0.1, -0.05) is 17.7 Å². The number of benzene rings is 1. The van der Waals surface area contributed by atoms with Crippen LogP contribution in [0.3, 0.4) is 0 Å². The molecule has 0 spiro atoms. The van der Waals surface area contributed by atoms with Crippen LogP contribution in [-0.2, 0) is 0 Å². The van der Waals surface area contributed by atoms with Crippen LogP contribution in [0.15, 0.2) is 18.2 Å². The second-order valence-corrected chi connectivity index (χ2v) is 4.70. The summed E-state index contributed by atoms with van der Waals surface area (Å²) in [6.07, 6.45) is -0.485. The van der Waals surface area contributed by atoms with Crippen LogP contribution in [0.5, 0.6) is 0 Å². The largest absolute Gasteiger partial charge is 0.391 e. The number of aliphatic hydroxyl groups excluding tert-OH is 1. The second kappa shape index (κ2) is 5.65. The Morgan fingerprint density at radius 3 is 2.94 bits per heavy atom. The maximum atomic E-state index is 13.5. The number of halogens is 2. The summed E-state index contributed by atoms with van der Waals surface area (Å²) >= 11 is 5.79. The van der Waals surface area contributed by atoms with Crippen molar-refractivity contribution in [2.45, 2.75) is 6.10 Å². The van der Waals surface area contributed by atoms with Gasteiger partial charge in [-0.05, 0) is 12.1 Å². The van der Waals surface area contributed by atoms with Crippen molar-refractivity contribution in [1.82, 2.24) is 10.6 Å². The summed E-state index contributed by atoms with van der Waals surface area (Å²) in [6.45, 7) is 1.44. The van der Waals surface area contributed by atoms with Gasteiger partial charge in [0.25, 0.3) is 5.91 Å². The normalized spacial score (nSPS) is 23.1. The summed E-state index contributed by atoms with van der Waals surface area (Å²) in [5, 5.41) is 15.2. The Morgan fingerprint density at radius 1 is 1.56 bits per heavy atom. The first-order chi connectivity index (χ1) is 8.59. The fourth-order valence-electron chi connectivity index (χ4n) is 1.95. The number of carbonyl (C=O) groups is 1. The third-order valence-electron chi connectivity index (χ3n) is 3.02. The maximum absolute atomic E-state index is 13.5. The van der Waals surface area contributed by atoms with Crippen LogP contribution < -0.4 is 10.6 Å². The minimum Gasteiger partial charge on any atom is -0.391 e. The number of amides is 1. The number of aliphatic hydroxyl groups is 1. The molecule has 1 heterocycles. The quantitative estimate of drug-likeness (QED) is 0.762. The van der Waals surface area contributed by atoms with Crippen LogP contribution in [0.1, 0.15) is 10.4 Å². The molecule has 4 nitrogen and oxygen atoms in total. The van der Waals surface area contributed by atoms with Gasteiger partial charge in [-0.3, -0.25) is 4.79 Å². The molecule has 98 valence electrons. The van der Waals surface area contributed by atoms with E-state index in [1.807, 2.05) is 0 Å². The van der Waals surface area contributed by atoms with E-state index >= 15 is 0 Å². The van der Waals surface area contributed by atoms with Crippen LogP contribution in [-0.4, -0.2) is 36.8 Å². The highest BCUT2D eigenvalue weighted by Crippen LogP contribution is 2.18. The molecule has 1 saturated heterocycles. The molecule has 0 saturated carbocycles. The van der Waals surface area contributed by atoms with Gasteiger partial charge in [0.1, 0.15) is 5.82 Å². The fourth-order valence-corrected chi connectivity index (χ4v) is 2.20. The summed E-state index contributed by atoms with van der Waals surface area (Å²) in [6, 6.07) is 4.09. The lowest BCUT2D eigenvalue weighted by molar-refractivity contribution is 0.0923. The van der Waals surface area contributed by atoms with Crippen molar-refractivity contribution < 1.29 is 14.3 Å². The minimum absolute atomic E-state index is 0.0560. The Hall–Kier alpha value is -1.17. The molecule has 2 atom stereocenters. The molecule has 1 aliphatic heterocycles. The Kier molecular flexibility index (Phi) is 4.16. The molecule has 1 aromatic rings. The Labute approximate surface area is 109 Å². The van der Waals surface area contributed by atoms with Gasteiger partial charge in [0.05, 0.1) is 16.7 Å². The van der Waals surface area contributed by atoms with Crippen molar-refractivity contribution in [3.63, 3.8) is 0 Å². The van der Waals surface area contributed by atoms with E-state index in [4.69, 9.17) is 11.6 Å². The molecule has 0 bridgehead atoms. The molecule has 1 fully saturated rings. The van der Waals surface area contributed by atoms with Gasteiger partial charge < -0.3 is 15.7 Å². The average Bonchev–Trinajstić information content (AvgIpc) is 2.72. The molecule has 1 amide bonds. The SMILES string of the molecule is O=C(NCC1CNCC1O)c1c(F)cccc1Cl. The van der Waals surface area contributed by atoms with E-state index in [1.165, 1.54) is 18.2 Å². The molecule has 6 heteroatoms. The molecule has 1 aliphatic rings. The number of rotatable bonds is 3. The van der Waals surface area contributed by atoms with E-state index in [-0.39, 0.29) is 23.0 Å². The number of nitrogens with one attached hydrogen (secondary N) is 2. The van der Waals surface area contributed by atoms with Crippen LogP contribution in [0.2, 0.25) is 5.02 Å². The van der Waals surface area contributed by atoms with Gasteiger partial charge in [-0.2, -0.15) is 0 Å². The second-order valence-electron chi connectivity index (χ2n) is 4.29. The lowest BCUT2D eigenvalue weighted by Gasteiger charge is -2.14. The standard InChI is InChI=1S/C12H14ClFN2O2/c13-8-2-1-3-9(14)11(8)12(18)16-5-7-4-15-6-10(7)17/h1-3,7,10,15,17H,4-6H2,(H,16,18). The molecule has 3 N–H and O–H groups in total. The van der Waals surface area contributed by atoms with Crippen molar-refractivity contribution in [3.8, 4) is 0 Å². The van der Waals surface area contributed by atoms with E-state index in [2.05, 4.69) is 10.6 Å². The molecule has 2 unspecified atom stereocenters. The van der Waals surface area contributed by atoms with Crippen molar-refractivity contribution in [2.24, 2.45) is 5.92 Å². The molecular formula is C12H14ClFN2O2. The maximum Gasteiger partial charge on any atom is 0.255 e. The lowest BCUT2D eigenvalue weighted by atomic mass is 10.1. The molecule has 0 aliphatic carbocycles. The van der Waals surface area contributed by atoms with Crippen LogP contribution >= 0.6 is 11.6 Å². The van der Waals surface area contributed by atoms with Gasteiger partial charge in [0.2, 0.25) is 0 Å². The first kappa shape index (κ1) is 13.3. The van der Waals surface area contributed by atoms with Gasteiger partial charge >= 0.3 is 0 Å². The highest BCUT2D eigenvalue weighted by molar-refractivity contribution is 6.33. The summed E-state index contributed by atoms with van der Waals surface area (Å²) in [5.41, 5.74) is -0.153. The van der Waals surface area contributed by atoms with E-state index in [9.17, 15) is 14.3 Å². The van der Waals surface area contributed by atoms with E-state index < -0.39 is 17.8 Å². The molecule has 18 heavy (non-hydrogen) atoms. The third kappa shape index (κ3) is 2.80. The Bertz CT molecular complexity index is 435. The van der Waals surface area contributed by atoms with E-state index in [0.717, 1.165) is 0 Å². The van der Waals surface area contributed by atoms with Crippen LogP contribution in [0.4, 0.5) is 4.39 Å². The van der Waals surface area contributed by atoms with Gasteiger partial charge in [0.15, 0.2) is 0 Å². The third-order valence-corrected chi connectivity index (χ3v) is 3.33. The molecular weight excluding hydrogens is 259 g/mol. The van der Waals surface area contributed by atoms with Gasteiger partial charge in [-0.15, -0.1) is 0 Å². The predicted octanol–water partition coefficient (Wildman–Crippen LogP) is 0.789. The first-order valence-electron chi connectivity index (χ1n) is 5.70. The minimum atomic E-state index is -0.648. The summed E-state index contributed by atoms with van der Waals surface area (Å²) in [5.74, 6) is -1.26. The van der Waals surface area contributed by atoms with Crippen molar-refractivity contribution >= 4 is 17.5 Å². The van der Waals surface area contributed by atoms with E-state index in [0.29, 0.717) is 13.1 Å². The lowest BCUT2D eigenvalue weighted by Crippen LogP contribution is -2.34.